The van der Waals surface area contributed by atoms with Crippen molar-refractivity contribution < 1.29 is 14.0 Å². The van der Waals surface area contributed by atoms with Crippen molar-refractivity contribution in [3.63, 3.8) is 0 Å². The lowest BCUT2D eigenvalue weighted by Crippen LogP contribution is -2.47. The minimum absolute atomic E-state index is 0.0152. The molecule has 146 valence electrons. The monoisotopic (exact) mass is 380 g/mol. The lowest BCUT2D eigenvalue weighted by atomic mass is 9.94. The summed E-state index contributed by atoms with van der Waals surface area (Å²) in [5, 5.41) is 0. The molecule has 4 nitrogen and oxygen atoms in total. The molecule has 0 N–H and O–H groups in total. The summed E-state index contributed by atoms with van der Waals surface area (Å²) in [6.45, 7) is 4.82. The van der Waals surface area contributed by atoms with Gasteiger partial charge in [0.15, 0.2) is 5.78 Å². The zero-order valence-electron chi connectivity index (χ0n) is 16.1. The largest absolute Gasteiger partial charge is 0.334 e. The SMILES string of the molecule is CC(=O)c1cccc(C(=O)N2C[C@H]3CC[C@@H]2CN(Cc2ccc(F)cc2)C3)c1. The van der Waals surface area contributed by atoms with Crippen LogP contribution in [0.25, 0.3) is 0 Å². The molecule has 28 heavy (non-hydrogen) atoms. The van der Waals surface area contributed by atoms with Gasteiger partial charge in [-0.05, 0) is 55.5 Å². The maximum absolute atomic E-state index is 13.2. The van der Waals surface area contributed by atoms with Crippen LogP contribution in [-0.4, -0.2) is 47.2 Å². The van der Waals surface area contributed by atoms with Crippen molar-refractivity contribution in [3.05, 3.63) is 71.0 Å². The molecule has 3 saturated heterocycles. The van der Waals surface area contributed by atoms with E-state index in [1.807, 2.05) is 17.0 Å². The smallest absolute Gasteiger partial charge is 0.254 e. The van der Waals surface area contributed by atoms with Crippen LogP contribution in [0.4, 0.5) is 4.39 Å². The van der Waals surface area contributed by atoms with E-state index >= 15 is 0 Å². The van der Waals surface area contributed by atoms with E-state index in [2.05, 4.69) is 4.90 Å². The number of halogens is 1. The molecule has 0 aromatic heterocycles. The fourth-order valence-corrected chi connectivity index (χ4v) is 4.44. The number of Topliss-reactive ketones (excluding diaryl/α,β-unsaturated/α-hetero) is 1. The van der Waals surface area contributed by atoms with Crippen LogP contribution in [0.2, 0.25) is 0 Å². The minimum Gasteiger partial charge on any atom is -0.334 e. The van der Waals surface area contributed by atoms with Gasteiger partial charge in [-0.1, -0.05) is 24.3 Å². The Hall–Kier alpha value is -2.53. The Labute approximate surface area is 164 Å². The Bertz CT molecular complexity index is 880. The van der Waals surface area contributed by atoms with Gasteiger partial charge >= 0.3 is 0 Å². The summed E-state index contributed by atoms with van der Waals surface area (Å²) in [6, 6.07) is 13.9. The van der Waals surface area contributed by atoms with Gasteiger partial charge in [0.2, 0.25) is 0 Å². The van der Waals surface area contributed by atoms with Crippen molar-refractivity contribution in [1.29, 1.82) is 0 Å². The first kappa shape index (κ1) is 18.8. The number of amides is 1. The molecule has 0 saturated carbocycles. The average Bonchev–Trinajstić information content (AvgIpc) is 3.00. The first-order valence-electron chi connectivity index (χ1n) is 9.88. The van der Waals surface area contributed by atoms with Gasteiger partial charge in [-0.3, -0.25) is 14.5 Å². The van der Waals surface area contributed by atoms with E-state index in [9.17, 15) is 14.0 Å². The summed E-state index contributed by atoms with van der Waals surface area (Å²) >= 11 is 0. The summed E-state index contributed by atoms with van der Waals surface area (Å²) in [4.78, 5) is 29.2. The van der Waals surface area contributed by atoms with E-state index in [0.717, 1.165) is 44.6 Å². The maximum atomic E-state index is 13.2. The molecule has 2 aromatic carbocycles. The molecule has 0 spiro atoms. The van der Waals surface area contributed by atoms with Gasteiger partial charge in [0, 0.05) is 43.3 Å². The number of benzene rings is 2. The lowest BCUT2D eigenvalue weighted by molar-refractivity contribution is 0.0585. The molecule has 0 radical (unpaired) electrons. The highest BCUT2D eigenvalue weighted by molar-refractivity contribution is 5.99. The lowest BCUT2D eigenvalue weighted by Gasteiger charge is -2.36. The summed E-state index contributed by atoms with van der Waals surface area (Å²) in [7, 11) is 0. The normalized spacial score (nSPS) is 22.1. The van der Waals surface area contributed by atoms with Crippen LogP contribution in [0.1, 0.15) is 46.0 Å². The summed E-state index contributed by atoms with van der Waals surface area (Å²) in [5.41, 5.74) is 2.25. The van der Waals surface area contributed by atoms with Gasteiger partial charge in [0.05, 0.1) is 0 Å². The van der Waals surface area contributed by atoms with Crippen molar-refractivity contribution in [1.82, 2.24) is 9.80 Å². The fraction of sp³-hybridized carbons (Fsp3) is 0.391. The van der Waals surface area contributed by atoms with E-state index in [1.165, 1.54) is 19.1 Å². The molecule has 3 aliphatic rings. The van der Waals surface area contributed by atoms with Crippen LogP contribution in [0.5, 0.6) is 0 Å². The zero-order chi connectivity index (χ0) is 19.7. The standard InChI is InChI=1S/C23H25FN2O2/c1-16(27)19-3-2-4-20(11-19)23(28)26-14-18-7-10-22(26)15-25(13-18)12-17-5-8-21(24)9-6-17/h2-6,8-9,11,18,22H,7,10,12-15H2,1H3/t18-,22+/m0/s1. The predicted molar refractivity (Wildman–Crippen MR) is 106 cm³/mol. The molecule has 1 amide bonds. The number of carbonyl (C=O) groups excluding carboxylic acids is 2. The summed E-state index contributed by atoms with van der Waals surface area (Å²) in [6.07, 6.45) is 2.13. The van der Waals surface area contributed by atoms with Crippen molar-refractivity contribution in [2.45, 2.75) is 32.4 Å². The number of piperidine rings is 1. The molecular weight excluding hydrogens is 355 g/mol. The Balaban J connectivity index is 1.50. The molecule has 5 heteroatoms. The van der Waals surface area contributed by atoms with E-state index in [1.54, 1.807) is 24.3 Å². The number of hydrogen-bond acceptors (Lipinski definition) is 3. The Morgan fingerprint density at radius 1 is 1.00 bits per heavy atom. The van der Waals surface area contributed by atoms with Gasteiger partial charge in [0.1, 0.15) is 5.82 Å². The van der Waals surface area contributed by atoms with Crippen molar-refractivity contribution in [3.8, 4) is 0 Å². The molecule has 2 aromatic rings. The number of rotatable bonds is 4. The quantitative estimate of drug-likeness (QED) is 0.759. The van der Waals surface area contributed by atoms with Gasteiger partial charge in [0.25, 0.3) is 5.91 Å². The number of carbonyl (C=O) groups is 2. The van der Waals surface area contributed by atoms with E-state index in [-0.39, 0.29) is 23.5 Å². The Morgan fingerprint density at radius 3 is 2.50 bits per heavy atom. The zero-order valence-corrected chi connectivity index (χ0v) is 16.1. The maximum Gasteiger partial charge on any atom is 0.254 e. The van der Waals surface area contributed by atoms with E-state index in [0.29, 0.717) is 17.0 Å². The molecule has 2 atom stereocenters. The minimum atomic E-state index is -0.218. The average molecular weight is 380 g/mol. The van der Waals surface area contributed by atoms with E-state index < -0.39 is 0 Å². The molecule has 0 aliphatic carbocycles. The molecule has 5 rings (SSSR count). The van der Waals surface area contributed by atoms with Crippen LogP contribution in [0.15, 0.2) is 48.5 Å². The Kier molecular flexibility index (Phi) is 5.27. The highest BCUT2D eigenvalue weighted by Crippen LogP contribution is 2.30. The molecule has 3 heterocycles. The fourth-order valence-electron chi connectivity index (χ4n) is 4.44. The highest BCUT2D eigenvalue weighted by atomic mass is 19.1. The number of nitrogens with zero attached hydrogens (tertiary/aromatic N) is 2. The van der Waals surface area contributed by atoms with Gasteiger partial charge in [-0.2, -0.15) is 0 Å². The second kappa shape index (κ2) is 7.84. The Morgan fingerprint density at radius 2 is 1.75 bits per heavy atom. The topological polar surface area (TPSA) is 40.6 Å². The van der Waals surface area contributed by atoms with Crippen molar-refractivity contribution >= 4 is 11.7 Å². The molecule has 3 fully saturated rings. The van der Waals surface area contributed by atoms with E-state index in [4.69, 9.17) is 0 Å². The van der Waals surface area contributed by atoms with Gasteiger partial charge in [-0.25, -0.2) is 4.39 Å². The third-order valence-electron chi connectivity index (χ3n) is 5.89. The van der Waals surface area contributed by atoms with Crippen molar-refractivity contribution in [2.24, 2.45) is 5.92 Å². The third kappa shape index (κ3) is 3.99. The van der Waals surface area contributed by atoms with Gasteiger partial charge in [-0.15, -0.1) is 0 Å². The van der Waals surface area contributed by atoms with Gasteiger partial charge < -0.3 is 4.90 Å². The number of fused-ring (bicyclic) bond motifs is 4. The molecule has 3 aliphatic heterocycles. The molecule has 0 unspecified atom stereocenters. The first-order valence-corrected chi connectivity index (χ1v) is 9.88. The summed E-state index contributed by atoms with van der Waals surface area (Å²) in [5.74, 6) is 0.210. The number of hydrogen-bond donors (Lipinski definition) is 0. The van der Waals surface area contributed by atoms with Crippen LogP contribution >= 0.6 is 0 Å². The second-order valence-corrected chi connectivity index (χ2v) is 8.01. The second-order valence-electron chi connectivity index (χ2n) is 8.01. The van der Waals surface area contributed by atoms with Crippen molar-refractivity contribution in [2.75, 3.05) is 19.6 Å². The van der Waals surface area contributed by atoms with Crippen LogP contribution in [-0.2, 0) is 6.54 Å². The summed E-state index contributed by atoms with van der Waals surface area (Å²) < 4.78 is 13.2. The van der Waals surface area contributed by atoms with Crippen LogP contribution in [0.3, 0.4) is 0 Å². The predicted octanol–water partition coefficient (Wildman–Crippen LogP) is 3.76. The number of ketones is 1. The first-order chi connectivity index (χ1) is 13.5. The molecule has 2 bridgehead atoms. The van der Waals surface area contributed by atoms with Crippen LogP contribution in [0, 0.1) is 11.7 Å². The molecular formula is C23H25FN2O2. The third-order valence-corrected chi connectivity index (χ3v) is 5.89. The van der Waals surface area contributed by atoms with Crippen LogP contribution < -0.4 is 0 Å². The highest BCUT2D eigenvalue weighted by Gasteiger charge is 2.37.